The molecule has 0 saturated carbocycles. The number of hydrogen-bond acceptors (Lipinski definition) is 3. The number of nitrogens with zero attached hydrogens (tertiary/aromatic N) is 1. The average Bonchev–Trinajstić information content (AvgIpc) is 2.16. The van der Waals surface area contributed by atoms with Crippen LogP contribution in [0.15, 0.2) is 6.20 Å². The highest BCUT2D eigenvalue weighted by Gasteiger charge is 2.21. The quantitative estimate of drug-likeness (QED) is 0.799. The van der Waals surface area contributed by atoms with E-state index in [1.807, 2.05) is 0 Å². The normalized spacial score (nSPS) is 10.6. The lowest BCUT2D eigenvalue weighted by Crippen LogP contribution is -2.04. The third-order valence-corrected chi connectivity index (χ3v) is 2.03. The summed E-state index contributed by atoms with van der Waals surface area (Å²) in [6.07, 6.45) is -1.40. The second-order valence-corrected chi connectivity index (χ2v) is 2.82. The molecule has 0 atom stereocenters. The third kappa shape index (κ3) is 1.87. The van der Waals surface area contributed by atoms with Gasteiger partial charge in [-0.1, -0.05) is 0 Å². The van der Waals surface area contributed by atoms with E-state index in [4.69, 9.17) is 22.1 Å². The van der Waals surface area contributed by atoms with Crippen LogP contribution in [0.4, 0.5) is 14.6 Å². The minimum absolute atomic E-state index is 0.0162. The van der Waals surface area contributed by atoms with Gasteiger partial charge in [0, 0.05) is 11.8 Å². The Morgan fingerprint density at radius 1 is 1.64 bits per heavy atom. The van der Waals surface area contributed by atoms with Crippen LogP contribution in [0.25, 0.3) is 0 Å². The summed E-state index contributed by atoms with van der Waals surface area (Å²) in [5.41, 5.74) is 5.31. The molecule has 0 amide bonds. The highest BCUT2D eigenvalue weighted by molar-refractivity contribution is 6.17. The molecule has 78 valence electrons. The predicted octanol–water partition coefficient (Wildman–Crippen LogP) is 2.35. The van der Waals surface area contributed by atoms with Crippen molar-refractivity contribution in [2.24, 2.45) is 0 Å². The second kappa shape index (κ2) is 4.41. The number of hydrogen-bond donors (Lipinski definition) is 1. The van der Waals surface area contributed by atoms with Gasteiger partial charge in [-0.05, 0) is 0 Å². The lowest BCUT2D eigenvalue weighted by atomic mass is 10.1. The van der Waals surface area contributed by atoms with E-state index in [1.54, 1.807) is 0 Å². The van der Waals surface area contributed by atoms with Crippen molar-refractivity contribution in [3.05, 3.63) is 17.3 Å². The van der Waals surface area contributed by atoms with E-state index in [-0.39, 0.29) is 17.4 Å². The van der Waals surface area contributed by atoms with Crippen molar-refractivity contribution >= 4 is 17.4 Å². The molecule has 0 aliphatic rings. The number of ether oxygens (including phenoxy) is 1. The maximum absolute atomic E-state index is 12.5. The van der Waals surface area contributed by atoms with Gasteiger partial charge < -0.3 is 10.5 Å². The summed E-state index contributed by atoms with van der Waals surface area (Å²) >= 11 is 5.53. The molecule has 0 saturated heterocycles. The van der Waals surface area contributed by atoms with E-state index < -0.39 is 12.0 Å². The number of pyridine rings is 1. The van der Waals surface area contributed by atoms with Crippen LogP contribution >= 0.6 is 11.6 Å². The van der Waals surface area contributed by atoms with E-state index >= 15 is 0 Å². The van der Waals surface area contributed by atoms with Crippen LogP contribution in [0.2, 0.25) is 0 Å². The third-order valence-electron chi connectivity index (χ3n) is 1.74. The molecule has 0 unspecified atom stereocenters. The van der Waals surface area contributed by atoms with E-state index in [9.17, 15) is 8.78 Å². The molecule has 1 aromatic rings. The van der Waals surface area contributed by atoms with Crippen molar-refractivity contribution in [3.8, 4) is 5.75 Å². The number of nitrogen functional groups attached to an aromatic ring is 1. The van der Waals surface area contributed by atoms with Crippen LogP contribution in [0.3, 0.4) is 0 Å². The SMILES string of the molecule is COc1c(CCl)cnc(N)c1C(F)F. The van der Waals surface area contributed by atoms with E-state index in [2.05, 4.69) is 4.98 Å². The van der Waals surface area contributed by atoms with E-state index in [0.717, 1.165) is 0 Å². The number of rotatable bonds is 3. The number of halogens is 3. The molecule has 0 bridgehead atoms. The topological polar surface area (TPSA) is 48.1 Å². The molecule has 0 aliphatic carbocycles. The van der Waals surface area contributed by atoms with E-state index in [1.165, 1.54) is 13.3 Å². The fourth-order valence-corrected chi connectivity index (χ4v) is 1.30. The highest BCUT2D eigenvalue weighted by atomic mass is 35.5. The summed E-state index contributed by atoms with van der Waals surface area (Å²) in [5, 5.41) is 0. The molecular weight excluding hydrogens is 214 g/mol. The van der Waals surface area contributed by atoms with Crippen molar-refractivity contribution in [1.29, 1.82) is 0 Å². The molecule has 0 radical (unpaired) electrons. The van der Waals surface area contributed by atoms with Gasteiger partial charge in [0.2, 0.25) is 0 Å². The molecule has 2 N–H and O–H groups in total. The van der Waals surface area contributed by atoms with Gasteiger partial charge in [0.25, 0.3) is 6.43 Å². The number of alkyl halides is 3. The molecule has 0 aliphatic heterocycles. The van der Waals surface area contributed by atoms with Gasteiger partial charge in [-0.3, -0.25) is 0 Å². The minimum atomic E-state index is -2.72. The number of aromatic nitrogens is 1. The van der Waals surface area contributed by atoms with Crippen molar-refractivity contribution in [2.45, 2.75) is 12.3 Å². The van der Waals surface area contributed by atoms with Crippen LogP contribution in [0.5, 0.6) is 5.75 Å². The summed E-state index contributed by atoms with van der Waals surface area (Å²) in [6, 6.07) is 0. The Balaban J connectivity index is 3.35. The maximum Gasteiger partial charge on any atom is 0.270 e. The molecule has 1 rings (SSSR count). The van der Waals surface area contributed by atoms with Gasteiger partial charge in [-0.15, -0.1) is 11.6 Å². The van der Waals surface area contributed by atoms with Crippen LogP contribution < -0.4 is 10.5 Å². The zero-order chi connectivity index (χ0) is 10.7. The summed E-state index contributed by atoms with van der Waals surface area (Å²) in [5.74, 6) is -0.163. The average molecular weight is 223 g/mol. The summed E-state index contributed by atoms with van der Waals surface area (Å²) in [4.78, 5) is 3.61. The maximum atomic E-state index is 12.5. The second-order valence-electron chi connectivity index (χ2n) is 2.55. The molecule has 0 fully saturated rings. The zero-order valence-corrected chi connectivity index (χ0v) is 8.18. The van der Waals surface area contributed by atoms with Crippen molar-refractivity contribution < 1.29 is 13.5 Å². The first-order valence-electron chi connectivity index (χ1n) is 3.77. The Hall–Kier alpha value is -1.10. The Morgan fingerprint density at radius 2 is 2.29 bits per heavy atom. The number of anilines is 1. The standard InChI is InChI=1S/C8H9ClF2N2O/c1-14-6-4(2-9)3-13-8(12)5(6)7(10)11/h3,7H,2H2,1H3,(H2,12,13). The van der Waals surface area contributed by atoms with Crippen LogP contribution in [-0.4, -0.2) is 12.1 Å². The number of nitrogens with two attached hydrogens (primary N) is 1. The number of methoxy groups -OCH3 is 1. The molecule has 14 heavy (non-hydrogen) atoms. The lowest BCUT2D eigenvalue weighted by molar-refractivity contribution is 0.147. The highest BCUT2D eigenvalue weighted by Crippen LogP contribution is 2.35. The van der Waals surface area contributed by atoms with Gasteiger partial charge in [0.15, 0.2) is 0 Å². The van der Waals surface area contributed by atoms with Crippen LogP contribution in [0.1, 0.15) is 17.6 Å². The summed E-state index contributed by atoms with van der Waals surface area (Å²) in [7, 11) is 1.29. The first-order chi connectivity index (χ1) is 6.61. The molecule has 0 aromatic carbocycles. The van der Waals surface area contributed by atoms with Gasteiger partial charge in [-0.2, -0.15) is 0 Å². The first kappa shape index (κ1) is 11.0. The Morgan fingerprint density at radius 3 is 2.71 bits per heavy atom. The predicted molar refractivity (Wildman–Crippen MR) is 49.7 cm³/mol. The monoisotopic (exact) mass is 222 g/mol. The van der Waals surface area contributed by atoms with Gasteiger partial charge in [0.1, 0.15) is 17.1 Å². The van der Waals surface area contributed by atoms with Crippen molar-refractivity contribution in [2.75, 3.05) is 12.8 Å². The molecule has 3 nitrogen and oxygen atoms in total. The molecule has 1 aromatic heterocycles. The van der Waals surface area contributed by atoms with Gasteiger partial charge >= 0.3 is 0 Å². The molecule has 0 spiro atoms. The summed E-state index contributed by atoms with van der Waals surface area (Å²) in [6.45, 7) is 0. The fraction of sp³-hybridized carbons (Fsp3) is 0.375. The first-order valence-corrected chi connectivity index (χ1v) is 4.30. The molecule has 1 heterocycles. The molecular formula is C8H9ClF2N2O. The van der Waals surface area contributed by atoms with Gasteiger partial charge in [0.05, 0.1) is 13.0 Å². The smallest absolute Gasteiger partial charge is 0.270 e. The molecule has 6 heteroatoms. The lowest BCUT2D eigenvalue weighted by Gasteiger charge is -2.12. The van der Waals surface area contributed by atoms with Crippen LogP contribution in [-0.2, 0) is 5.88 Å². The Kier molecular flexibility index (Phi) is 3.46. The summed E-state index contributed by atoms with van der Waals surface area (Å²) < 4.78 is 29.9. The zero-order valence-electron chi connectivity index (χ0n) is 7.43. The van der Waals surface area contributed by atoms with Crippen molar-refractivity contribution in [1.82, 2.24) is 4.98 Å². The van der Waals surface area contributed by atoms with Crippen molar-refractivity contribution in [3.63, 3.8) is 0 Å². The van der Waals surface area contributed by atoms with Crippen LogP contribution in [0, 0.1) is 0 Å². The largest absolute Gasteiger partial charge is 0.496 e. The fourth-order valence-electron chi connectivity index (χ4n) is 1.11. The Labute approximate surface area is 84.8 Å². The van der Waals surface area contributed by atoms with Gasteiger partial charge in [-0.25, -0.2) is 13.8 Å². The Bertz CT molecular complexity index is 333. The minimum Gasteiger partial charge on any atom is -0.496 e. The van der Waals surface area contributed by atoms with E-state index in [0.29, 0.717) is 5.56 Å².